The van der Waals surface area contributed by atoms with Crippen LogP contribution in [-0.4, -0.2) is 61.0 Å². The number of nitriles is 1. The quantitative estimate of drug-likeness (QED) is 0.123. The lowest BCUT2D eigenvalue weighted by molar-refractivity contribution is -0.118. The number of anilines is 3. The van der Waals surface area contributed by atoms with Crippen LogP contribution in [0.25, 0.3) is 22.3 Å². The van der Waals surface area contributed by atoms with Crippen molar-refractivity contribution in [1.82, 2.24) is 43.6 Å². The van der Waals surface area contributed by atoms with E-state index in [1.165, 1.54) is 30.8 Å². The minimum absolute atomic E-state index is 0.00946. The third-order valence-electron chi connectivity index (χ3n) is 10.0. The number of nitrogens with zero attached hydrogens (tertiary/aromatic N) is 10. The molecule has 0 amide bonds. The van der Waals surface area contributed by atoms with Gasteiger partial charge in [0.15, 0.2) is 28.6 Å². The van der Waals surface area contributed by atoms with Gasteiger partial charge in [0, 0.05) is 70.6 Å². The molecule has 7 heterocycles. The predicted octanol–water partition coefficient (Wildman–Crippen LogP) is 7.31. The lowest BCUT2D eigenvalue weighted by Crippen LogP contribution is -2.22. The highest BCUT2D eigenvalue weighted by molar-refractivity contribution is 6.36. The number of carbonyl (C=O) groups excluding carboxylic acids is 3. The first kappa shape index (κ1) is 45.0. The van der Waals surface area contributed by atoms with Gasteiger partial charge in [-0.25, -0.2) is 9.97 Å². The average molecular weight is 895 g/mol. The number of hydrogen-bond donors (Lipinski definition) is 2. The zero-order chi connectivity index (χ0) is 46.7. The number of aryl methyl sites for hydroxylation is 4. The van der Waals surface area contributed by atoms with Crippen LogP contribution in [0.2, 0.25) is 5.02 Å². The molecule has 0 saturated carbocycles. The van der Waals surface area contributed by atoms with E-state index in [4.69, 9.17) is 21.1 Å². The molecule has 0 bridgehead atoms. The molecule has 330 valence electrons. The molecule has 1 aliphatic rings. The minimum Gasteiger partial charge on any atom is -0.454 e. The second-order valence-electron chi connectivity index (χ2n) is 15.5. The minimum atomic E-state index is -0.204. The number of nitrogens with one attached hydrogen (secondary N) is 2. The van der Waals surface area contributed by atoms with Crippen molar-refractivity contribution < 1.29 is 23.9 Å². The van der Waals surface area contributed by atoms with Gasteiger partial charge in [-0.2, -0.15) is 15.2 Å². The third-order valence-corrected chi connectivity index (χ3v) is 10.4. The topological polar surface area (TPSA) is 227 Å². The SMILES string of the molecule is CC(=O)Cc1cc(Oc2cnc3nc(NC4=CC(C)=CC(C)C4=O)n(C)c3c2Cl)ccn1.CC(=O)Cc1cc(Oc2cnc3nc(Nc4cc(C)cn(C)c4=O)n(C)c3c2C#N)ccn1. The van der Waals surface area contributed by atoms with Gasteiger partial charge >= 0.3 is 0 Å². The summed E-state index contributed by atoms with van der Waals surface area (Å²) in [6, 6.07) is 10.6. The Hall–Kier alpha value is -8.04. The molecular weight excluding hydrogens is 852 g/mol. The van der Waals surface area contributed by atoms with Gasteiger partial charge in [0.1, 0.15) is 56.4 Å². The summed E-state index contributed by atoms with van der Waals surface area (Å²) >= 11 is 6.64. The van der Waals surface area contributed by atoms with Gasteiger partial charge in [-0.15, -0.1) is 0 Å². The zero-order valence-electron chi connectivity index (χ0n) is 36.7. The summed E-state index contributed by atoms with van der Waals surface area (Å²) in [5.41, 5.74) is 5.74. The molecular formula is C46H43ClN12O6. The fourth-order valence-corrected chi connectivity index (χ4v) is 7.41. The molecule has 0 radical (unpaired) electrons. The van der Waals surface area contributed by atoms with E-state index >= 15 is 0 Å². The lowest BCUT2D eigenvalue weighted by Gasteiger charge is -2.17. The fourth-order valence-electron chi connectivity index (χ4n) is 7.12. The summed E-state index contributed by atoms with van der Waals surface area (Å²) in [5.74, 6) is 2.10. The van der Waals surface area contributed by atoms with Crippen LogP contribution in [0.1, 0.15) is 50.2 Å². The van der Waals surface area contributed by atoms with Crippen molar-refractivity contribution in [1.29, 1.82) is 5.26 Å². The van der Waals surface area contributed by atoms with Gasteiger partial charge in [-0.1, -0.05) is 30.2 Å². The van der Waals surface area contributed by atoms with Gasteiger partial charge < -0.3 is 33.8 Å². The van der Waals surface area contributed by atoms with Crippen LogP contribution in [0.3, 0.4) is 0 Å². The number of carbonyl (C=O) groups is 3. The predicted molar refractivity (Wildman–Crippen MR) is 243 cm³/mol. The molecule has 65 heavy (non-hydrogen) atoms. The Bertz CT molecular complexity index is 3230. The Morgan fingerprint density at radius 1 is 0.815 bits per heavy atom. The van der Waals surface area contributed by atoms with E-state index in [9.17, 15) is 24.4 Å². The van der Waals surface area contributed by atoms with Crippen molar-refractivity contribution in [3.63, 3.8) is 0 Å². The summed E-state index contributed by atoms with van der Waals surface area (Å²) < 4.78 is 16.7. The van der Waals surface area contributed by atoms with Crippen molar-refractivity contribution in [2.24, 2.45) is 27.1 Å². The van der Waals surface area contributed by atoms with Crippen LogP contribution in [-0.2, 0) is 48.4 Å². The standard InChI is InChI=1S/C23H22ClN5O3.C23H21N7O3/c1-12-7-13(2)21(31)17(8-12)27-23-28-22-20(29(23)4)19(24)18(11-26-22)32-16-5-6-25-15(10-16)9-14(3)30;1-13-7-18(22(32)29(3)12-13)27-23-28-21-20(30(23)4)17(10-24)19(11-26-21)33-16-5-6-25-15(9-16)8-14(2)31/h5-8,10-11,13H,9H2,1-4H3,(H,26,27,28);5-7,9,11-12H,8H2,1-4H3,(H,26,27,28). The van der Waals surface area contributed by atoms with E-state index < -0.39 is 0 Å². The van der Waals surface area contributed by atoms with Crippen LogP contribution in [0, 0.1) is 24.2 Å². The Balaban J connectivity index is 0.000000194. The number of ether oxygens (including phenoxy) is 2. The average Bonchev–Trinajstić information content (AvgIpc) is 3.74. The Labute approximate surface area is 377 Å². The summed E-state index contributed by atoms with van der Waals surface area (Å²) in [6.45, 7) is 8.69. The van der Waals surface area contributed by atoms with Crippen molar-refractivity contribution in [3.05, 3.63) is 123 Å². The van der Waals surface area contributed by atoms with Crippen molar-refractivity contribution in [3.8, 4) is 29.1 Å². The van der Waals surface area contributed by atoms with Crippen LogP contribution in [0.5, 0.6) is 23.0 Å². The molecule has 7 aromatic rings. The molecule has 2 N–H and O–H groups in total. The maximum Gasteiger partial charge on any atom is 0.274 e. The normalized spacial score (nSPS) is 13.4. The number of halogens is 1. The molecule has 1 atom stereocenters. The molecule has 0 fully saturated rings. The van der Waals surface area contributed by atoms with Crippen LogP contribution in [0.15, 0.2) is 89.5 Å². The Morgan fingerprint density at radius 2 is 1.37 bits per heavy atom. The van der Waals surface area contributed by atoms with E-state index in [-0.39, 0.29) is 53.0 Å². The first-order valence-corrected chi connectivity index (χ1v) is 20.5. The summed E-state index contributed by atoms with van der Waals surface area (Å²) in [7, 11) is 5.18. The van der Waals surface area contributed by atoms with Crippen LogP contribution < -0.4 is 25.7 Å². The summed E-state index contributed by atoms with van der Waals surface area (Å²) in [4.78, 5) is 73.7. The monoisotopic (exact) mass is 894 g/mol. The number of Topliss-reactive ketones (excluding diaryl/α,β-unsaturated/α-hetero) is 3. The second-order valence-corrected chi connectivity index (χ2v) is 15.9. The molecule has 8 rings (SSSR count). The molecule has 0 saturated heterocycles. The van der Waals surface area contributed by atoms with Crippen molar-refractivity contribution in [2.45, 2.75) is 47.5 Å². The number of pyridine rings is 5. The maximum absolute atomic E-state index is 12.5. The molecule has 19 heteroatoms. The van der Waals surface area contributed by atoms with E-state index in [2.05, 4.69) is 46.6 Å². The number of imidazole rings is 2. The molecule has 7 aromatic heterocycles. The third kappa shape index (κ3) is 9.95. The first-order valence-electron chi connectivity index (χ1n) is 20.2. The molecule has 0 spiro atoms. The van der Waals surface area contributed by atoms with Crippen molar-refractivity contribution >= 4 is 68.9 Å². The summed E-state index contributed by atoms with van der Waals surface area (Å²) in [5, 5.41) is 16.4. The van der Waals surface area contributed by atoms with E-state index in [1.807, 2.05) is 26.8 Å². The largest absolute Gasteiger partial charge is 0.454 e. The molecule has 1 aliphatic carbocycles. The maximum atomic E-state index is 12.5. The van der Waals surface area contributed by atoms with Gasteiger partial charge in [0.05, 0.1) is 29.5 Å². The lowest BCUT2D eigenvalue weighted by atomic mass is 9.95. The van der Waals surface area contributed by atoms with Gasteiger partial charge in [-0.3, -0.25) is 29.1 Å². The zero-order valence-corrected chi connectivity index (χ0v) is 37.5. The van der Waals surface area contributed by atoms with E-state index in [1.54, 1.807) is 85.3 Å². The van der Waals surface area contributed by atoms with Crippen LogP contribution in [0.4, 0.5) is 17.6 Å². The molecule has 0 aliphatic heterocycles. The number of rotatable bonds is 12. The highest BCUT2D eigenvalue weighted by Gasteiger charge is 2.24. The number of allylic oxidation sites excluding steroid dienone is 4. The fraction of sp³-hybridized carbons (Fsp3) is 0.239. The van der Waals surface area contributed by atoms with Crippen LogP contribution >= 0.6 is 11.6 Å². The Kier molecular flexibility index (Phi) is 13.0. The highest BCUT2D eigenvalue weighted by atomic mass is 35.5. The smallest absolute Gasteiger partial charge is 0.274 e. The second kappa shape index (κ2) is 18.7. The highest BCUT2D eigenvalue weighted by Crippen LogP contribution is 2.36. The van der Waals surface area contributed by atoms with Crippen molar-refractivity contribution in [2.75, 3.05) is 10.6 Å². The number of fused-ring (bicyclic) bond motifs is 2. The van der Waals surface area contributed by atoms with E-state index in [0.717, 1.165) is 11.1 Å². The van der Waals surface area contributed by atoms with Gasteiger partial charge in [0.25, 0.3) is 5.56 Å². The molecule has 18 nitrogen and oxygen atoms in total. The number of hydrogen-bond acceptors (Lipinski definition) is 15. The van der Waals surface area contributed by atoms with E-state index in [0.29, 0.717) is 79.3 Å². The molecule has 1 unspecified atom stereocenters. The molecule has 0 aromatic carbocycles. The summed E-state index contributed by atoms with van der Waals surface area (Å²) in [6.07, 6.45) is 11.9. The first-order chi connectivity index (χ1) is 31.0. The van der Waals surface area contributed by atoms with Gasteiger partial charge in [-0.05, 0) is 57.5 Å². The van der Waals surface area contributed by atoms with Gasteiger partial charge in [0.2, 0.25) is 11.9 Å². The number of ketones is 3. The Morgan fingerprint density at radius 3 is 1.97 bits per heavy atom. The number of aromatic nitrogens is 9.